The third kappa shape index (κ3) is 7.77. The van der Waals surface area contributed by atoms with Gasteiger partial charge in [-0.1, -0.05) is 51.9 Å². The molecule has 0 spiro atoms. The summed E-state index contributed by atoms with van der Waals surface area (Å²) in [5, 5.41) is 0. The fraction of sp³-hybridized carbons (Fsp3) is 1.00. The van der Waals surface area contributed by atoms with E-state index in [-0.39, 0.29) is 6.29 Å². The van der Waals surface area contributed by atoms with E-state index in [0.717, 1.165) is 19.4 Å². The van der Waals surface area contributed by atoms with E-state index in [4.69, 9.17) is 9.47 Å². The Morgan fingerprint density at radius 1 is 0.941 bits per heavy atom. The van der Waals surface area contributed by atoms with Crippen molar-refractivity contribution in [2.45, 2.75) is 90.4 Å². The zero-order valence-electron chi connectivity index (χ0n) is 11.7. The SMILES string of the molecule is CCCCCCCCCC[C@@H]1OCC[C@H](C)O1. The second-order valence-electron chi connectivity index (χ2n) is 5.30. The van der Waals surface area contributed by atoms with Gasteiger partial charge in [-0.15, -0.1) is 0 Å². The summed E-state index contributed by atoms with van der Waals surface area (Å²) in [6, 6.07) is 0. The molecule has 1 rings (SSSR count). The van der Waals surface area contributed by atoms with E-state index in [9.17, 15) is 0 Å². The molecule has 0 aromatic carbocycles. The van der Waals surface area contributed by atoms with Crippen molar-refractivity contribution in [3.05, 3.63) is 0 Å². The summed E-state index contributed by atoms with van der Waals surface area (Å²) in [6.45, 7) is 5.29. The molecule has 0 unspecified atom stereocenters. The first-order valence-corrected chi connectivity index (χ1v) is 7.60. The van der Waals surface area contributed by atoms with Gasteiger partial charge >= 0.3 is 0 Å². The van der Waals surface area contributed by atoms with Crippen LogP contribution in [-0.2, 0) is 9.47 Å². The molecule has 0 aromatic rings. The zero-order chi connectivity index (χ0) is 12.3. The lowest BCUT2D eigenvalue weighted by Gasteiger charge is -2.28. The molecule has 102 valence electrons. The molecule has 1 fully saturated rings. The summed E-state index contributed by atoms with van der Waals surface area (Å²) in [4.78, 5) is 0. The van der Waals surface area contributed by atoms with Gasteiger partial charge in [-0.3, -0.25) is 0 Å². The highest BCUT2D eigenvalue weighted by atomic mass is 16.7. The number of rotatable bonds is 9. The van der Waals surface area contributed by atoms with Gasteiger partial charge in [0.1, 0.15) is 0 Å². The van der Waals surface area contributed by atoms with Crippen LogP contribution < -0.4 is 0 Å². The summed E-state index contributed by atoms with van der Waals surface area (Å²) >= 11 is 0. The number of hydrogen-bond acceptors (Lipinski definition) is 2. The number of hydrogen-bond donors (Lipinski definition) is 0. The molecule has 0 bridgehead atoms. The molecular formula is C15H30O2. The highest BCUT2D eigenvalue weighted by Crippen LogP contribution is 2.18. The molecule has 0 amide bonds. The molecule has 2 nitrogen and oxygen atoms in total. The Morgan fingerprint density at radius 3 is 2.24 bits per heavy atom. The van der Waals surface area contributed by atoms with Crippen LogP contribution >= 0.6 is 0 Å². The minimum atomic E-state index is 0.0823. The maximum Gasteiger partial charge on any atom is 0.157 e. The molecule has 0 N–H and O–H groups in total. The monoisotopic (exact) mass is 242 g/mol. The first kappa shape index (κ1) is 15.0. The van der Waals surface area contributed by atoms with Crippen LogP contribution in [0.2, 0.25) is 0 Å². The summed E-state index contributed by atoms with van der Waals surface area (Å²) in [7, 11) is 0. The third-order valence-corrected chi connectivity index (χ3v) is 3.51. The topological polar surface area (TPSA) is 18.5 Å². The lowest BCUT2D eigenvalue weighted by Crippen LogP contribution is -2.30. The summed E-state index contributed by atoms with van der Waals surface area (Å²) in [5.41, 5.74) is 0. The molecule has 1 heterocycles. The molecule has 1 saturated heterocycles. The van der Waals surface area contributed by atoms with Crippen LogP contribution in [0.15, 0.2) is 0 Å². The van der Waals surface area contributed by atoms with Crippen molar-refractivity contribution in [3.63, 3.8) is 0 Å². The van der Waals surface area contributed by atoms with Crippen molar-refractivity contribution >= 4 is 0 Å². The molecule has 1 aliphatic rings. The van der Waals surface area contributed by atoms with E-state index in [1.54, 1.807) is 0 Å². The largest absolute Gasteiger partial charge is 0.353 e. The fourth-order valence-corrected chi connectivity index (χ4v) is 2.33. The van der Waals surface area contributed by atoms with E-state index in [2.05, 4.69) is 13.8 Å². The van der Waals surface area contributed by atoms with Crippen molar-refractivity contribution < 1.29 is 9.47 Å². The van der Waals surface area contributed by atoms with Gasteiger partial charge < -0.3 is 9.47 Å². The van der Waals surface area contributed by atoms with Crippen LogP contribution in [0.3, 0.4) is 0 Å². The third-order valence-electron chi connectivity index (χ3n) is 3.51. The van der Waals surface area contributed by atoms with Crippen molar-refractivity contribution in [1.82, 2.24) is 0 Å². The van der Waals surface area contributed by atoms with E-state index >= 15 is 0 Å². The Kier molecular flexibility index (Phi) is 8.72. The van der Waals surface area contributed by atoms with E-state index < -0.39 is 0 Å². The zero-order valence-corrected chi connectivity index (χ0v) is 11.7. The Balaban J connectivity index is 1.83. The standard InChI is InChI=1S/C15H30O2/c1-3-4-5-6-7-8-9-10-11-15-16-13-12-14(2)17-15/h14-15H,3-13H2,1-2H3/t14-,15+/m0/s1. The summed E-state index contributed by atoms with van der Waals surface area (Å²) in [5.74, 6) is 0. The van der Waals surface area contributed by atoms with Crippen molar-refractivity contribution in [1.29, 1.82) is 0 Å². The number of unbranched alkanes of at least 4 members (excludes halogenated alkanes) is 7. The first-order chi connectivity index (χ1) is 8.33. The van der Waals surface area contributed by atoms with Gasteiger partial charge in [0.2, 0.25) is 0 Å². The van der Waals surface area contributed by atoms with Gasteiger partial charge in [-0.05, 0) is 26.2 Å². The molecule has 0 radical (unpaired) electrons. The number of ether oxygens (including phenoxy) is 2. The summed E-state index contributed by atoms with van der Waals surface area (Å²) in [6.07, 6.45) is 13.6. The molecule has 0 aromatic heterocycles. The van der Waals surface area contributed by atoms with E-state index in [1.807, 2.05) is 0 Å². The van der Waals surface area contributed by atoms with Crippen LogP contribution in [0.25, 0.3) is 0 Å². The maximum absolute atomic E-state index is 5.72. The van der Waals surface area contributed by atoms with Gasteiger partial charge in [0.15, 0.2) is 6.29 Å². The van der Waals surface area contributed by atoms with Gasteiger partial charge in [-0.25, -0.2) is 0 Å². The highest BCUT2D eigenvalue weighted by Gasteiger charge is 2.18. The predicted octanol–water partition coefficient (Wildman–Crippen LogP) is 4.67. The second kappa shape index (κ2) is 9.90. The van der Waals surface area contributed by atoms with Crippen LogP contribution in [0, 0.1) is 0 Å². The molecule has 2 atom stereocenters. The summed E-state index contributed by atoms with van der Waals surface area (Å²) < 4.78 is 11.3. The van der Waals surface area contributed by atoms with Gasteiger partial charge in [0, 0.05) is 0 Å². The minimum Gasteiger partial charge on any atom is -0.353 e. The lowest BCUT2D eigenvalue weighted by molar-refractivity contribution is -0.210. The quantitative estimate of drug-likeness (QED) is 0.547. The molecule has 0 aliphatic carbocycles. The molecule has 0 saturated carbocycles. The molecule has 1 aliphatic heterocycles. The Labute approximate surface area is 107 Å². The Morgan fingerprint density at radius 2 is 1.59 bits per heavy atom. The molecule has 17 heavy (non-hydrogen) atoms. The Hall–Kier alpha value is -0.0800. The van der Waals surface area contributed by atoms with Gasteiger partial charge in [0.05, 0.1) is 12.7 Å². The van der Waals surface area contributed by atoms with Crippen LogP contribution in [0.4, 0.5) is 0 Å². The highest BCUT2D eigenvalue weighted by molar-refractivity contribution is 4.59. The molecule has 2 heteroatoms. The smallest absolute Gasteiger partial charge is 0.157 e. The molecular weight excluding hydrogens is 212 g/mol. The average molecular weight is 242 g/mol. The van der Waals surface area contributed by atoms with Crippen molar-refractivity contribution in [2.24, 2.45) is 0 Å². The van der Waals surface area contributed by atoms with E-state index in [0.29, 0.717) is 6.10 Å². The van der Waals surface area contributed by atoms with Crippen molar-refractivity contribution in [3.8, 4) is 0 Å². The Bertz CT molecular complexity index is 170. The van der Waals surface area contributed by atoms with Crippen LogP contribution in [0.1, 0.15) is 78.1 Å². The minimum absolute atomic E-state index is 0.0823. The average Bonchev–Trinajstić information content (AvgIpc) is 2.33. The lowest BCUT2D eigenvalue weighted by atomic mass is 10.1. The van der Waals surface area contributed by atoms with Crippen LogP contribution in [0.5, 0.6) is 0 Å². The fourth-order valence-electron chi connectivity index (χ4n) is 2.33. The van der Waals surface area contributed by atoms with Gasteiger partial charge in [-0.2, -0.15) is 0 Å². The first-order valence-electron chi connectivity index (χ1n) is 7.60. The van der Waals surface area contributed by atoms with Crippen molar-refractivity contribution in [2.75, 3.05) is 6.61 Å². The van der Waals surface area contributed by atoms with E-state index in [1.165, 1.54) is 51.4 Å². The van der Waals surface area contributed by atoms with Crippen LogP contribution in [-0.4, -0.2) is 19.0 Å². The van der Waals surface area contributed by atoms with Gasteiger partial charge in [0.25, 0.3) is 0 Å². The maximum atomic E-state index is 5.72. The second-order valence-corrected chi connectivity index (χ2v) is 5.30. The normalized spacial score (nSPS) is 25.1. The predicted molar refractivity (Wildman–Crippen MR) is 72.1 cm³/mol.